The highest BCUT2D eigenvalue weighted by Gasteiger charge is 2.72. The van der Waals surface area contributed by atoms with Crippen molar-refractivity contribution in [1.29, 1.82) is 0 Å². The fraction of sp³-hybridized carbons (Fsp3) is 0.357. The normalized spacial score (nSPS) is 34.5. The lowest BCUT2D eigenvalue weighted by Gasteiger charge is -2.31. The minimum absolute atomic E-state index is 0.169. The number of aliphatic hydroxyl groups is 2. The Kier molecular flexibility index (Phi) is 2.42. The summed E-state index contributed by atoms with van der Waals surface area (Å²) in [5.41, 5.74) is -3.93. The van der Waals surface area contributed by atoms with Gasteiger partial charge in [0.25, 0.3) is 0 Å². The van der Waals surface area contributed by atoms with Crippen LogP contribution in [0.3, 0.4) is 0 Å². The Balaban J connectivity index is 2.28. The summed E-state index contributed by atoms with van der Waals surface area (Å²) in [6, 6.07) is 6.26. The zero-order chi connectivity index (χ0) is 14.7. The number of Topliss-reactive ketones (excluding diaryl/α,β-unsaturated/α-hetero) is 1. The van der Waals surface area contributed by atoms with E-state index in [2.05, 4.69) is 9.73 Å². The van der Waals surface area contributed by atoms with E-state index in [1.165, 1.54) is 19.1 Å². The lowest BCUT2D eigenvalue weighted by molar-refractivity contribution is -0.162. The first kappa shape index (κ1) is 13.0. The highest BCUT2D eigenvalue weighted by atomic mass is 16.5. The molecule has 6 heteroatoms. The van der Waals surface area contributed by atoms with Gasteiger partial charge < -0.3 is 14.9 Å². The molecular weight excluding hydrogens is 262 g/mol. The summed E-state index contributed by atoms with van der Waals surface area (Å²) >= 11 is 0. The number of carbonyl (C=O) groups excluding carboxylic acids is 2. The summed E-state index contributed by atoms with van der Waals surface area (Å²) in [5.74, 6) is -2.82. The molecule has 0 aromatic heterocycles. The van der Waals surface area contributed by atoms with E-state index in [1.54, 1.807) is 12.1 Å². The SMILES string of the molecule is COC(=O)C1C(C)=N[C@]2(O)c3ccccc3C(=O)[C@]12O. The van der Waals surface area contributed by atoms with Crippen LogP contribution < -0.4 is 0 Å². The van der Waals surface area contributed by atoms with Gasteiger partial charge in [0, 0.05) is 16.8 Å². The van der Waals surface area contributed by atoms with E-state index in [1.807, 2.05) is 0 Å². The Morgan fingerprint density at radius 1 is 1.35 bits per heavy atom. The predicted molar refractivity (Wildman–Crippen MR) is 68.2 cm³/mol. The highest BCUT2D eigenvalue weighted by Crippen LogP contribution is 2.53. The summed E-state index contributed by atoms with van der Waals surface area (Å²) in [6.07, 6.45) is 0. The largest absolute Gasteiger partial charge is 0.468 e. The van der Waals surface area contributed by atoms with Crippen LogP contribution in [-0.4, -0.2) is 40.4 Å². The highest BCUT2D eigenvalue weighted by molar-refractivity contribution is 6.18. The summed E-state index contributed by atoms with van der Waals surface area (Å²) < 4.78 is 4.63. The van der Waals surface area contributed by atoms with Crippen molar-refractivity contribution in [3.63, 3.8) is 0 Å². The third-order valence-electron chi connectivity index (χ3n) is 4.04. The lowest BCUT2D eigenvalue weighted by Crippen LogP contribution is -2.56. The van der Waals surface area contributed by atoms with Crippen molar-refractivity contribution in [2.24, 2.45) is 10.9 Å². The predicted octanol–water partition coefficient (Wildman–Crippen LogP) is 0.0228. The molecule has 2 N–H and O–H groups in total. The van der Waals surface area contributed by atoms with E-state index in [9.17, 15) is 19.8 Å². The number of hydrogen-bond donors (Lipinski definition) is 2. The zero-order valence-electron chi connectivity index (χ0n) is 11.0. The van der Waals surface area contributed by atoms with Crippen LogP contribution >= 0.6 is 0 Å². The molecule has 1 aromatic carbocycles. The first-order chi connectivity index (χ1) is 9.38. The summed E-state index contributed by atoms with van der Waals surface area (Å²) in [5, 5.41) is 21.5. The van der Waals surface area contributed by atoms with Crippen LogP contribution in [0, 0.1) is 5.92 Å². The van der Waals surface area contributed by atoms with Gasteiger partial charge >= 0.3 is 5.97 Å². The number of methoxy groups -OCH3 is 1. The molecule has 0 fully saturated rings. The van der Waals surface area contributed by atoms with E-state index >= 15 is 0 Å². The van der Waals surface area contributed by atoms with Gasteiger partial charge in [0.15, 0.2) is 5.60 Å². The number of aliphatic imine (C=N–C) groups is 1. The van der Waals surface area contributed by atoms with Crippen molar-refractivity contribution >= 4 is 17.5 Å². The number of esters is 1. The standard InChI is InChI=1S/C14H13NO5/c1-7-10(12(17)20-2)13(18)11(16)8-5-3-4-6-9(8)14(13,19)15-7/h3-6,10,18-19H,1-2H3/t10?,13-,14+/m1/s1. The fourth-order valence-corrected chi connectivity index (χ4v) is 3.11. The van der Waals surface area contributed by atoms with Crippen molar-refractivity contribution in [2.75, 3.05) is 7.11 Å². The topological polar surface area (TPSA) is 96.2 Å². The molecule has 104 valence electrons. The van der Waals surface area contributed by atoms with Crippen molar-refractivity contribution in [2.45, 2.75) is 18.2 Å². The molecule has 0 spiro atoms. The Morgan fingerprint density at radius 3 is 2.65 bits per heavy atom. The van der Waals surface area contributed by atoms with Gasteiger partial charge in [-0.1, -0.05) is 24.3 Å². The molecule has 1 aliphatic carbocycles. The minimum Gasteiger partial charge on any atom is -0.468 e. The average Bonchev–Trinajstić information content (AvgIpc) is 2.74. The van der Waals surface area contributed by atoms with Gasteiger partial charge in [0.2, 0.25) is 11.5 Å². The van der Waals surface area contributed by atoms with Gasteiger partial charge in [-0.25, -0.2) is 0 Å². The van der Waals surface area contributed by atoms with Crippen molar-refractivity contribution in [1.82, 2.24) is 0 Å². The van der Waals surface area contributed by atoms with Crippen LogP contribution in [0.15, 0.2) is 29.3 Å². The number of carbonyl (C=O) groups is 2. The van der Waals surface area contributed by atoms with Gasteiger partial charge in [0.1, 0.15) is 5.92 Å². The van der Waals surface area contributed by atoms with E-state index in [0.29, 0.717) is 0 Å². The van der Waals surface area contributed by atoms with Gasteiger partial charge in [-0.15, -0.1) is 0 Å². The van der Waals surface area contributed by atoms with E-state index in [0.717, 1.165) is 7.11 Å². The molecule has 3 atom stereocenters. The van der Waals surface area contributed by atoms with Crippen LogP contribution in [0.25, 0.3) is 0 Å². The van der Waals surface area contributed by atoms with Crippen LogP contribution in [-0.2, 0) is 15.3 Å². The molecule has 2 aliphatic rings. The van der Waals surface area contributed by atoms with E-state index in [4.69, 9.17) is 0 Å². The molecule has 1 heterocycles. The molecular formula is C14H13NO5. The molecule has 0 saturated carbocycles. The Bertz CT molecular complexity index is 667. The molecule has 20 heavy (non-hydrogen) atoms. The van der Waals surface area contributed by atoms with Crippen LogP contribution in [0.5, 0.6) is 0 Å². The Labute approximate surface area is 114 Å². The zero-order valence-corrected chi connectivity index (χ0v) is 11.0. The first-order valence-corrected chi connectivity index (χ1v) is 6.11. The maximum atomic E-state index is 12.5. The number of fused-ring (bicyclic) bond motifs is 3. The van der Waals surface area contributed by atoms with E-state index in [-0.39, 0.29) is 16.8 Å². The average molecular weight is 275 g/mol. The lowest BCUT2D eigenvalue weighted by atomic mass is 9.79. The molecule has 1 aliphatic heterocycles. The second-order valence-corrected chi connectivity index (χ2v) is 5.02. The number of rotatable bonds is 1. The summed E-state index contributed by atoms with van der Waals surface area (Å²) in [7, 11) is 1.16. The third-order valence-corrected chi connectivity index (χ3v) is 4.04. The molecule has 3 rings (SSSR count). The number of ether oxygens (including phenoxy) is 1. The smallest absolute Gasteiger partial charge is 0.318 e. The summed E-state index contributed by atoms with van der Waals surface area (Å²) in [6.45, 7) is 1.48. The molecule has 0 radical (unpaired) electrons. The molecule has 1 unspecified atom stereocenters. The Morgan fingerprint density at radius 2 is 2.00 bits per heavy atom. The van der Waals surface area contributed by atoms with Crippen molar-refractivity contribution < 1.29 is 24.5 Å². The molecule has 0 amide bonds. The quantitative estimate of drug-likeness (QED) is 0.704. The third kappa shape index (κ3) is 1.18. The van der Waals surface area contributed by atoms with Crippen LogP contribution in [0.1, 0.15) is 22.8 Å². The van der Waals surface area contributed by atoms with Gasteiger partial charge in [-0.05, 0) is 6.92 Å². The van der Waals surface area contributed by atoms with Crippen LogP contribution in [0.2, 0.25) is 0 Å². The number of nitrogens with zero attached hydrogens (tertiary/aromatic N) is 1. The number of benzene rings is 1. The van der Waals surface area contributed by atoms with Crippen LogP contribution in [0.4, 0.5) is 0 Å². The Hall–Kier alpha value is -2.05. The minimum atomic E-state index is -2.34. The molecule has 1 aromatic rings. The van der Waals surface area contributed by atoms with Gasteiger partial charge in [-0.2, -0.15) is 0 Å². The summed E-state index contributed by atoms with van der Waals surface area (Å²) in [4.78, 5) is 28.4. The fourth-order valence-electron chi connectivity index (χ4n) is 3.11. The van der Waals surface area contributed by atoms with E-state index < -0.39 is 29.0 Å². The second kappa shape index (κ2) is 3.74. The second-order valence-electron chi connectivity index (χ2n) is 5.02. The maximum absolute atomic E-state index is 12.5. The van der Waals surface area contributed by atoms with Gasteiger partial charge in [0.05, 0.1) is 7.11 Å². The molecule has 0 saturated heterocycles. The number of ketones is 1. The first-order valence-electron chi connectivity index (χ1n) is 6.11. The monoisotopic (exact) mass is 275 g/mol. The molecule has 6 nitrogen and oxygen atoms in total. The van der Waals surface area contributed by atoms with Crippen molar-refractivity contribution in [3.05, 3.63) is 35.4 Å². The van der Waals surface area contributed by atoms with Gasteiger partial charge in [-0.3, -0.25) is 14.6 Å². The molecule has 0 bridgehead atoms. The van der Waals surface area contributed by atoms with Crippen molar-refractivity contribution in [3.8, 4) is 0 Å². The maximum Gasteiger partial charge on any atom is 0.318 e. The number of hydrogen-bond acceptors (Lipinski definition) is 6.